The lowest BCUT2D eigenvalue weighted by molar-refractivity contribution is 0.201. The number of aromatic nitrogens is 2. The van der Waals surface area contributed by atoms with Crippen molar-refractivity contribution in [1.29, 1.82) is 0 Å². The van der Waals surface area contributed by atoms with Crippen molar-refractivity contribution in [3.8, 4) is 28.6 Å². The van der Waals surface area contributed by atoms with Gasteiger partial charge < -0.3 is 29.2 Å². The molecule has 3 aromatic rings. The summed E-state index contributed by atoms with van der Waals surface area (Å²) in [4.78, 5) is 4.35. The molecule has 2 N–H and O–H groups in total. The number of aliphatic hydroxyl groups excluding tert-OH is 1. The lowest BCUT2D eigenvalue weighted by Crippen LogP contribution is -2.06. The second-order valence-corrected chi connectivity index (χ2v) is 5.64. The van der Waals surface area contributed by atoms with Gasteiger partial charge in [0.2, 0.25) is 11.7 Å². The van der Waals surface area contributed by atoms with Crippen LogP contribution in [-0.4, -0.2) is 42.7 Å². The van der Waals surface area contributed by atoms with Crippen LogP contribution in [0.5, 0.6) is 17.2 Å². The average molecular weight is 389 g/mol. The van der Waals surface area contributed by atoms with Crippen molar-refractivity contribution in [2.75, 3.05) is 32.8 Å². The Labute approximate surface area is 160 Å². The molecule has 0 aliphatic carbocycles. The number of hydrogen-bond donors (Lipinski definition) is 2. The van der Waals surface area contributed by atoms with Gasteiger partial charge in [-0.3, -0.25) is 0 Å². The van der Waals surface area contributed by atoms with Gasteiger partial charge in [-0.15, -0.1) is 0 Å². The zero-order valence-electron chi connectivity index (χ0n) is 15.4. The summed E-state index contributed by atoms with van der Waals surface area (Å²) in [6.07, 6.45) is 0. The van der Waals surface area contributed by atoms with Crippen molar-refractivity contribution < 1.29 is 28.2 Å². The second-order valence-electron chi connectivity index (χ2n) is 5.64. The quantitative estimate of drug-likeness (QED) is 0.576. The third kappa shape index (κ3) is 4.49. The SMILES string of the molecule is COc1ccc(-c2noc(CNc3ccc(F)cc3OCCO)n2)c(OC)c1. The number of anilines is 1. The van der Waals surface area contributed by atoms with E-state index < -0.39 is 5.82 Å². The molecule has 1 heterocycles. The van der Waals surface area contributed by atoms with Gasteiger partial charge in [-0.1, -0.05) is 5.16 Å². The predicted molar refractivity (Wildman–Crippen MR) is 99.1 cm³/mol. The summed E-state index contributed by atoms with van der Waals surface area (Å²) in [5, 5.41) is 15.9. The molecule has 0 aliphatic heterocycles. The Balaban J connectivity index is 1.74. The summed E-state index contributed by atoms with van der Waals surface area (Å²) < 4.78 is 34.6. The van der Waals surface area contributed by atoms with Crippen LogP contribution in [0.2, 0.25) is 0 Å². The molecule has 148 valence electrons. The fraction of sp³-hybridized carbons (Fsp3) is 0.263. The number of halogens is 1. The van der Waals surface area contributed by atoms with Gasteiger partial charge in [-0.25, -0.2) is 4.39 Å². The van der Waals surface area contributed by atoms with E-state index in [1.54, 1.807) is 32.4 Å². The minimum atomic E-state index is -0.440. The molecular weight excluding hydrogens is 369 g/mol. The number of rotatable bonds is 9. The fourth-order valence-electron chi connectivity index (χ4n) is 2.51. The third-order valence-corrected chi connectivity index (χ3v) is 3.84. The first kappa shape index (κ1) is 19.4. The number of nitrogens with one attached hydrogen (secondary N) is 1. The molecule has 8 nitrogen and oxygen atoms in total. The van der Waals surface area contributed by atoms with E-state index in [0.29, 0.717) is 34.5 Å². The van der Waals surface area contributed by atoms with E-state index in [4.69, 9.17) is 23.8 Å². The van der Waals surface area contributed by atoms with E-state index >= 15 is 0 Å². The molecule has 0 spiro atoms. The third-order valence-electron chi connectivity index (χ3n) is 3.84. The minimum Gasteiger partial charge on any atom is -0.497 e. The molecule has 0 amide bonds. The molecule has 0 bridgehead atoms. The summed E-state index contributed by atoms with van der Waals surface area (Å²) >= 11 is 0. The molecule has 9 heteroatoms. The lowest BCUT2D eigenvalue weighted by Gasteiger charge is -2.11. The Hall–Kier alpha value is -3.33. The van der Waals surface area contributed by atoms with Crippen LogP contribution in [0, 0.1) is 5.82 Å². The van der Waals surface area contributed by atoms with Crippen molar-refractivity contribution >= 4 is 5.69 Å². The highest BCUT2D eigenvalue weighted by molar-refractivity contribution is 5.65. The van der Waals surface area contributed by atoms with E-state index in [-0.39, 0.29) is 25.5 Å². The highest BCUT2D eigenvalue weighted by Gasteiger charge is 2.15. The first-order valence-electron chi connectivity index (χ1n) is 8.46. The van der Waals surface area contributed by atoms with Crippen molar-refractivity contribution in [2.24, 2.45) is 0 Å². The Kier molecular flexibility index (Phi) is 6.28. The van der Waals surface area contributed by atoms with Gasteiger partial charge in [0.1, 0.15) is 29.7 Å². The Morgan fingerprint density at radius 1 is 1.11 bits per heavy atom. The summed E-state index contributed by atoms with van der Waals surface area (Å²) in [6, 6.07) is 9.35. The van der Waals surface area contributed by atoms with Gasteiger partial charge in [0.05, 0.1) is 38.6 Å². The van der Waals surface area contributed by atoms with Gasteiger partial charge in [0, 0.05) is 12.1 Å². The zero-order valence-corrected chi connectivity index (χ0v) is 15.4. The standard InChI is InChI=1S/C19H20FN3O5/c1-25-13-4-5-14(16(10-13)26-2)19-22-18(28-23-19)11-21-15-6-3-12(20)9-17(15)27-8-7-24/h3-6,9-10,21,24H,7-8,11H2,1-2H3. The second kappa shape index (κ2) is 9.05. The maximum Gasteiger partial charge on any atom is 0.246 e. The molecule has 0 fully saturated rings. The van der Waals surface area contributed by atoms with E-state index in [1.807, 2.05) is 0 Å². The monoisotopic (exact) mass is 389 g/mol. The molecule has 0 radical (unpaired) electrons. The first-order valence-corrected chi connectivity index (χ1v) is 8.46. The number of ether oxygens (including phenoxy) is 3. The molecule has 2 aromatic carbocycles. The maximum absolute atomic E-state index is 13.4. The molecule has 1 aromatic heterocycles. The molecule has 0 saturated carbocycles. The van der Waals surface area contributed by atoms with E-state index in [0.717, 1.165) is 0 Å². The highest BCUT2D eigenvalue weighted by Crippen LogP contribution is 2.32. The smallest absolute Gasteiger partial charge is 0.246 e. The summed E-state index contributed by atoms with van der Waals surface area (Å²) in [6.45, 7) is 0.0827. The van der Waals surface area contributed by atoms with E-state index in [2.05, 4.69) is 15.5 Å². The number of nitrogens with zero attached hydrogens (tertiary/aromatic N) is 2. The Morgan fingerprint density at radius 3 is 2.71 bits per heavy atom. The Bertz CT molecular complexity index is 932. The fourth-order valence-corrected chi connectivity index (χ4v) is 2.51. The van der Waals surface area contributed by atoms with Crippen LogP contribution in [0.25, 0.3) is 11.4 Å². The summed E-state index contributed by atoms with van der Waals surface area (Å²) in [5.41, 5.74) is 1.20. The van der Waals surface area contributed by atoms with Crippen LogP contribution in [0.15, 0.2) is 40.9 Å². The number of methoxy groups -OCH3 is 2. The van der Waals surface area contributed by atoms with Crippen LogP contribution in [-0.2, 0) is 6.54 Å². The highest BCUT2D eigenvalue weighted by atomic mass is 19.1. The molecule has 0 atom stereocenters. The maximum atomic E-state index is 13.4. The van der Waals surface area contributed by atoms with Crippen molar-refractivity contribution in [3.05, 3.63) is 48.1 Å². The van der Waals surface area contributed by atoms with Gasteiger partial charge in [0.25, 0.3) is 0 Å². The Morgan fingerprint density at radius 2 is 1.96 bits per heavy atom. The molecule has 0 unspecified atom stereocenters. The minimum absolute atomic E-state index is 0.0557. The number of aliphatic hydroxyl groups is 1. The normalized spacial score (nSPS) is 10.6. The zero-order chi connectivity index (χ0) is 19.9. The molecule has 0 aliphatic rings. The van der Waals surface area contributed by atoms with E-state index in [1.165, 1.54) is 18.2 Å². The number of hydrogen-bond acceptors (Lipinski definition) is 8. The average Bonchev–Trinajstić information content (AvgIpc) is 3.19. The van der Waals surface area contributed by atoms with Crippen LogP contribution >= 0.6 is 0 Å². The summed E-state index contributed by atoms with van der Waals surface area (Å²) in [5.74, 6) is 1.74. The van der Waals surface area contributed by atoms with Gasteiger partial charge in [-0.05, 0) is 24.3 Å². The predicted octanol–water partition coefficient (Wildman–Crippen LogP) is 2.88. The van der Waals surface area contributed by atoms with Gasteiger partial charge in [0.15, 0.2) is 0 Å². The lowest BCUT2D eigenvalue weighted by atomic mass is 10.2. The summed E-state index contributed by atoms with van der Waals surface area (Å²) in [7, 11) is 3.11. The van der Waals surface area contributed by atoms with Crippen LogP contribution in [0.1, 0.15) is 5.89 Å². The molecule has 28 heavy (non-hydrogen) atoms. The molecule has 3 rings (SSSR count). The van der Waals surface area contributed by atoms with Gasteiger partial charge in [-0.2, -0.15) is 4.98 Å². The largest absolute Gasteiger partial charge is 0.497 e. The molecular formula is C19H20FN3O5. The van der Waals surface area contributed by atoms with Crippen LogP contribution < -0.4 is 19.5 Å². The van der Waals surface area contributed by atoms with Crippen molar-refractivity contribution in [3.63, 3.8) is 0 Å². The van der Waals surface area contributed by atoms with Crippen molar-refractivity contribution in [2.45, 2.75) is 6.54 Å². The van der Waals surface area contributed by atoms with Crippen molar-refractivity contribution in [1.82, 2.24) is 10.1 Å². The first-order chi connectivity index (χ1) is 13.6. The van der Waals surface area contributed by atoms with Crippen LogP contribution in [0.4, 0.5) is 10.1 Å². The number of benzene rings is 2. The van der Waals surface area contributed by atoms with Crippen LogP contribution in [0.3, 0.4) is 0 Å². The topological polar surface area (TPSA) is 98.9 Å². The van der Waals surface area contributed by atoms with Gasteiger partial charge >= 0.3 is 0 Å². The van der Waals surface area contributed by atoms with E-state index in [9.17, 15) is 4.39 Å². The molecule has 0 saturated heterocycles.